The average Bonchev–Trinajstić information content (AvgIpc) is 4.15. The number of amides is 2. The van der Waals surface area contributed by atoms with E-state index in [0.717, 1.165) is 96.8 Å². The molecular weight excluding hydrogens is 842 g/mol. The maximum Gasteiger partial charge on any atom is 0.255 e. The Hall–Kier alpha value is -6.01. The minimum absolute atomic E-state index is 0.0374. The number of aromatic amines is 1. The van der Waals surface area contributed by atoms with Crippen LogP contribution in [0.2, 0.25) is 25.7 Å². The van der Waals surface area contributed by atoms with Crippen LogP contribution in [0, 0.1) is 33.6 Å². The molecule has 0 unspecified atom stereocenters. The summed E-state index contributed by atoms with van der Waals surface area (Å²) in [5.74, 6) is 0.260. The second-order valence-corrected chi connectivity index (χ2v) is 24.5. The number of hydrogen-bond donors (Lipinski definition) is 3. The van der Waals surface area contributed by atoms with Gasteiger partial charge < -0.3 is 20.3 Å². The first-order chi connectivity index (χ1) is 31.2. The Kier molecular flexibility index (Phi) is 13.7. The van der Waals surface area contributed by atoms with Gasteiger partial charge in [-0.1, -0.05) is 31.8 Å². The first-order valence-electron chi connectivity index (χ1n) is 22.9. The topological polar surface area (TPSA) is 179 Å². The number of carbonyl (C=O) groups is 2. The Labute approximate surface area is 380 Å². The summed E-state index contributed by atoms with van der Waals surface area (Å²) in [5.41, 5.74) is 11.2. The number of halogens is 1. The standard InChI is InChI=1S/C24H33FN6O2Si.C23H29N7O/c1-16-18(6-9-22(25)27-16)13-30-14-19(12-26-30)24(32)28-21-8-7-20-17(2)31(29-23(20)21)15-33-10-11-34(3,4)5;1-15-17(6-9-21(25-15)29-10-4-3-5-11-29)13-30-14-18(12-24-30)23(31)26-20-8-7-19-16(2)27-28-22(19)20/h6,9,12,14,21H,7-8,10-11,13,15H2,1-5H3,(H,28,32);6,9,12,14,20H,3-5,7-8,10-11,13H2,1-2H3,(H,26,31)(H,27,28)/t21-;20-/m11/s1. The monoisotopic (exact) mass is 903 g/mol. The van der Waals surface area contributed by atoms with E-state index in [9.17, 15) is 14.0 Å². The number of hydrogen-bond acceptors (Lipinski definition) is 10. The van der Waals surface area contributed by atoms with Crippen molar-refractivity contribution in [2.75, 3.05) is 24.6 Å². The molecule has 1 fully saturated rings. The summed E-state index contributed by atoms with van der Waals surface area (Å²) in [6.07, 6.45) is 14.0. The normalized spacial score (nSPS) is 16.8. The van der Waals surface area contributed by atoms with Crippen molar-refractivity contribution >= 4 is 25.7 Å². The Balaban J connectivity index is 0.000000178. The number of carbonyl (C=O) groups excluding carboxylic acids is 2. The van der Waals surface area contributed by atoms with Crippen molar-refractivity contribution in [3.05, 3.63) is 123 Å². The Morgan fingerprint density at radius 2 is 1.40 bits per heavy atom. The van der Waals surface area contributed by atoms with Gasteiger partial charge in [-0.15, -0.1) is 0 Å². The Morgan fingerprint density at radius 3 is 2.02 bits per heavy atom. The van der Waals surface area contributed by atoms with Crippen LogP contribution in [-0.4, -0.2) is 89.1 Å². The fourth-order valence-corrected chi connectivity index (χ4v) is 9.55. The fourth-order valence-electron chi connectivity index (χ4n) is 8.79. The van der Waals surface area contributed by atoms with Crippen LogP contribution in [0.5, 0.6) is 0 Å². The lowest BCUT2D eigenvalue weighted by Gasteiger charge is -2.28. The minimum atomic E-state index is -1.12. The third kappa shape index (κ3) is 10.9. The number of H-pyrrole nitrogens is 1. The summed E-state index contributed by atoms with van der Waals surface area (Å²) in [4.78, 5) is 36.7. The van der Waals surface area contributed by atoms with Crippen LogP contribution < -0.4 is 15.5 Å². The lowest BCUT2D eigenvalue weighted by molar-refractivity contribution is 0.0764. The zero-order valence-electron chi connectivity index (χ0n) is 38.7. The van der Waals surface area contributed by atoms with Gasteiger partial charge in [0, 0.05) is 62.9 Å². The lowest BCUT2D eigenvalue weighted by Crippen LogP contribution is -2.30. The van der Waals surface area contributed by atoms with Gasteiger partial charge in [0.15, 0.2) is 0 Å². The number of nitrogens with zero attached hydrogens (tertiary/aromatic N) is 10. The van der Waals surface area contributed by atoms with E-state index < -0.39 is 14.0 Å². The number of aryl methyl sites for hydroxylation is 3. The van der Waals surface area contributed by atoms with Gasteiger partial charge in [-0.25, -0.2) is 14.6 Å². The zero-order valence-corrected chi connectivity index (χ0v) is 39.7. The van der Waals surface area contributed by atoms with Crippen LogP contribution in [-0.2, 0) is 37.4 Å². The molecule has 16 nitrogen and oxygen atoms in total. The fraction of sp³-hybridized carbons (Fsp3) is 0.489. The van der Waals surface area contributed by atoms with Gasteiger partial charge in [-0.2, -0.15) is 24.8 Å². The van der Waals surface area contributed by atoms with E-state index in [2.05, 4.69) is 79.6 Å². The highest BCUT2D eigenvalue weighted by Crippen LogP contribution is 2.33. The van der Waals surface area contributed by atoms with Gasteiger partial charge in [0.2, 0.25) is 5.95 Å². The van der Waals surface area contributed by atoms with Crippen molar-refractivity contribution in [3.63, 3.8) is 0 Å². The van der Waals surface area contributed by atoms with Gasteiger partial charge >= 0.3 is 0 Å². The summed E-state index contributed by atoms with van der Waals surface area (Å²) in [6.45, 7) is 19.3. The second-order valence-electron chi connectivity index (χ2n) is 18.8. The summed E-state index contributed by atoms with van der Waals surface area (Å²) in [6, 6.07) is 8.21. The highest BCUT2D eigenvalue weighted by Gasteiger charge is 2.31. The summed E-state index contributed by atoms with van der Waals surface area (Å²) in [5, 5.41) is 27.1. The number of fused-ring (bicyclic) bond motifs is 2. The SMILES string of the molecule is Cc1nc(F)ccc1Cn1cc(C(=O)N[C@@H]2CCc3c2nn(COCC[Si](C)(C)C)c3C)cn1.Cc1nc(N2CCCCC2)ccc1Cn1cc(C(=O)N[C@@H]2CCc3c2n[nH]c3C)cn1. The number of anilines is 1. The summed E-state index contributed by atoms with van der Waals surface area (Å²) in [7, 11) is -1.12. The minimum Gasteiger partial charge on any atom is -0.360 e. The number of rotatable bonds is 14. The van der Waals surface area contributed by atoms with Crippen molar-refractivity contribution in [3.8, 4) is 0 Å². The van der Waals surface area contributed by atoms with E-state index >= 15 is 0 Å². The lowest BCUT2D eigenvalue weighted by atomic mass is 10.1. The number of ether oxygens (including phenoxy) is 1. The molecule has 0 radical (unpaired) electrons. The molecule has 2 atom stereocenters. The molecule has 7 heterocycles. The highest BCUT2D eigenvalue weighted by molar-refractivity contribution is 6.76. The third-order valence-corrected chi connectivity index (χ3v) is 14.5. The van der Waals surface area contributed by atoms with Crippen LogP contribution >= 0.6 is 0 Å². The van der Waals surface area contributed by atoms with Gasteiger partial charge in [0.05, 0.1) is 60.1 Å². The second kappa shape index (κ2) is 19.6. The third-order valence-electron chi connectivity index (χ3n) is 12.8. The van der Waals surface area contributed by atoms with Crippen molar-refractivity contribution in [1.29, 1.82) is 0 Å². The molecule has 2 aliphatic carbocycles. The number of piperidine rings is 1. The maximum absolute atomic E-state index is 13.2. The number of nitrogens with one attached hydrogen (secondary N) is 3. The van der Waals surface area contributed by atoms with Crippen LogP contribution in [0.25, 0.3) is 0 Å². The predicted molar refractivity (Wildman–Crippen MR) is 248 cm³/mol. The van der Waals surface area contributed by atoms with E-state index in [1.54, 1.807) is 47.1 Å². The molecule has 344 valence electrons. The molecule has 9 rings (SSSR count). The average molecular weight is 904 g/mol. The first-order valence-corrected chi connectivity index (χ1v) is 26.6. The number of pyridine rings is 2. The van der Waals surface area contributed by atoms with E-state index in [1.165, 1.54) is 36.5 Å². The zero-order chi connectivity index (χ0) is 45.8. The summed E-state index contributed by atoms with van der Waals surface area (Å²) >= 11 is 0. The van der Waals surface area contributed by atoms with Crippen LogP contribution in [0.3, 0.4) is 0 Å². The number of aromatic nitrogens is 10. The molecule has 1 aliphatic heterocycles. The van der Waals surface area contributed by atoms with Crippen LogP contribution in [0.1, 0.15) is 121 Å². The Morgan fingerprint density at radius 1 is 0.800 bits per heavy atom. The van der Waals surface area contributed by atoms with Gasteiger partial charge in [0.1, 0.15) is 12.5 Å². The van der Waals surface area contributed by atoms with Gasteiger partial charge in [-0.05, 0) is 113 Å². The predicted octanol–water partition coefficient (Wildman–Crippen LogP) is 7.08. The van der Waals surface area contributed by atoms with Crippen molar-refractivity contribution < 1.29 is 18.7 Å². The molecule has 65 heavy (non-hydrogen) atoms. The van der Waals surface area contributed by atoms with Crippen molar-refractivity contribution in [2.24, 2.45) is 0 Å². The molecule has 0 spiro atoms. The summed E-state index contributed by atoms with van der Waals surface area (Å²) < 4.78 is 24.5. The molecule has 0 bridgehead atoms. The van der Waals surface area contributed by atoms with E-state index in [-0.39, 0.29) is 23.9 Å². The first kappa shape index (κ1) is 45.6. The molecule has 6 aromatic rings. The molecule has 1 saturated heterocycles. The molecule has 2 amide bonds. The largest absolute Gasteiger partial charge is 0.360 e. The smallest absolute Gasteiger partial charge is 0.255 e. The molecule has 3 aliphatic rings. The molecular formula is C47H62FN13O3Si. The van der Waals surface area contributed by atoms with Crippen molar-refractivity contribution in [2.45, 2.75) is 130 Å². The molecule has 6 aromatic heterocycles. The van der Waals surface area contributed by atoms with E-state index in [1.807, 2.05) is 18.5 Å². The molecule has 3 N–H and O–H groups in total. The quantitative estimate of drug-likeness (QED) is 0.0581. The van der Waals surface area contributed by atoms with Crippen molar-refractivity contribution in [1.82, 2.24) is 60.1 Å². The van der Waals surface area contributed by atoms with E-state index in [0.29, 0.717) is 36.6 Å². The van der Waals surface area contributed by atoms with Gasteiger partial charge in [-0.3, -0.25) is 24.1 Å². The highest BCUT2D eigenvalue weighted by atomic mass is 28.3. The maximum atomic E-state index is 13.2. The van der Waals surface area contributed by atoms with Crippen LogP contribution in [0.4, 0.5) is 10.2 Å². The Bertz CT molecular complexity index is 2640. The van der Waals surface area contributed by atoms with E-state index in [4.69, 9.17) is 14.8 Å². The molecule has 0 aromatic carbocycles. The molecule has 18 heteroatoms. The molecule has 0 saturated carbocycles. The van der Waals surface area contributed by atoms with Gasteiger partial charge in [0.25, 0.3) is 11.8 Å². The van der Waals surface area contributed by atoms with Crippen LogP contribution in [0.15, 0.2) is 49.1 Å².